The lowest BCUT2D eigenvalue weighted by molar-refractivity contribution is 0.0743. The highest BCUT2D eigenvalue weighted by molar-refractivity contribution is 7.98. The monoisotopic (exact) mass is 287 g/mol. The Morgan fingerprint density at radius 3 is 2.72 bits per heavy atom. The normalized spacial score (nSPS) is 12.2. The number of rotatable bonds is 5. The fourth-order valence-electron chi connectivity index (χ4n) is 1.71. The Morgan fingerprint density at radius 1 is 1.56 bits per heavy atom. The smallest absolute Gasteiger partial charge is 0.253 e. The third kappa shape index (κ3) is 3.56. The fourth-order valence-corrected chi connectivity index (χ4v) is 2.73. The van der Waals surface area contributed by atoms with Crippen LogP contribution in [0.1, 0.15) is 23.7 Å². The molecule has 0 spiro atoms. The van der Waals surface area contributed by atoms with Crippen molar-refractivity contribution < 1.29 is 9.90 Å². The van der Waals surface area contributed by atoms with E-state index in [0.717, 1.165) is 12.2 Å². The number of aromatic hydroxyl groups is 1. The minimum absolute atomic E-state index is 0.00738. The summed E-state index contributed by atoms with van der Waals surface area (Å²) in [5.74, 6) is 0.828. The second kappa shape index (κ2) is 6.90. The average molecular weight is 288 g/mol. The Morgan fingerprint density at radius 2 is 2.22 bits per heavy atom. The molecule has 1 rings (SSSR count). The fraction of sp³-hybridized carbons (Fsp3) is 0.462. The zero-order valence-corrected chi connectivity index (χ0v) is 12.4. The first-order chi connectivity index (χ1) is 8.51. The van der Waals surface area contributed by atoms with Crippen LogP contribution in [0.2, 0.25) is 5.02 Å². The van der Waals surface area contributed by atoms with Gasteiger partial charge in [-0.05, 0) is 30.9 Å². The zero-order chi connectivity index (χ0) is 13.7. The number of thioether (sulfide) groups is 1. The molecule has 18 heavy (non-hydrogen) atoms. The van der Waals surface area contributed by atoms with Gasteiger partial charge in [-0.2, -0.15) is 11.8 Å². The molecule has 0 saturated heterocycles. The first kappa shape index (κ1) is 15.2. The number of halogens is 1. The molecule has 1 aromatic carbocycles. The van der Waals surface area contributed by atoms with Crippen LogP contribution < -0.4 is 0 Å². The van der Waals surface area contributed by atoms with E-state index in [1.165, 1.54) is 12.1 Å². The Balaban J connectivity index is 2.88. The highest BCUT2D eigenvalue weighted by Crippen LogP contribution is 2.24. The molecule has 0 aliphatic carbocycles. The van der Waals surface area contributed by atoms with Crippen molar-refractivity contribution in [3.63, 3.8) is 0 Å². The molecule has 0 bridgehead atoms. The van der Waals surface area contributed by atoms with Crippen LogP contribution in [0, 0.1) is 0 Å². The van der Waals surface area contributed by atoms with E-state index in [2.05, 4.69) is 6.92 Å². The molecular formula is C13H18ClNO2S. The molecule has 0 aliphatic heterocycles. The first-order valence-electron chi connectivity index (χ1n) is 5.75. The Bertz CT molecular complexity index is 425. The van der Waals surface area contributed by atoms with Gasteiger partial charge in [0.25, 0.3) is 5.91 Å². The quantitative estimate of drug-likeness (QED) is 0.904. The Kier molecular flexibility index (Phi) is 5.82. The number of phenols is 1. The van der Waals surface area contributed by atoms with Crippen LogP contribution in [0.25, 0.3) is 0 Å². The van der Waals surface area contributed by atoms with Crippen LogP contribution in [-0.4, -0.2) is 41.0 Å². The van der Waals surface area contributed by atoms with Gasteiger partial charge in [0, 0.05) is 24.4 Å². The zero-order valence-electron chi connectivity index (χ0n) is 10.8. The molecule has 5 heteroatoms. The van der Waals surface area contributed by atoms with Crippen molar-refractivity contribution in [3.05, 3.63) is 28.8 Å². The lowest BCUT2D eigenvalue weighted by Crippen LogP contribution is -2.38. The van der Waals surface area contributed by atoms with E-state index in [-0.39, 0.29) is 22.7 Å². The molecule has 1 amide bonds. The van der Waals surface area contributed by atoms with E-state index < -0.39 is 0 Å². The predicted octanol–water partition coefficient (Wildman–Crippen LogP) is 3.26. The number of nitrogens with zero attached hydrogens (tertiary/aromatic N) is 1. The largest absolute Gasteiger partial charge is 0.506 e. The van der Waals surface area contributed by atoms with Crippen LogP contribution >= 0.6 is 23.4 Å². The summed E-state index contributed by atoms with van der Waals surface area (Å²) in [4.78, 5) is 14.0. The highest BCUT2D eigenvalue weighted by atomic mass is 35.5. The third-order valence-corrected chi connectivity index (χ3v) is 3.91. The van der Waals surface area contributed by atoms with Crippen molar-refractivity contribution in [2.45, 2.75) is 19.4 Å². The molecule has 1 atom stereocenters. The van der Waals surface area contributed by atoms with E-state index in [4.69, 9.17) is 11.6 Å². The van der Waals surface area contributed by atoms with Crippen LogP contribution in [0.5, 0.6) is 5.75 Å². The van der Waals surface area contributed by atoms with Crippen molar-refractivity contribution in [3.8, 4) is 5.75 Å². The maximum atomic E-state index is 12.3. The molecule has 100 valence electrons. The number of hydrogen-bond acceptors (Lipinski definition) is 3. The third-order valence-electron chi connectivity index (χ3n) is 2.89. The second-order valence-electron chi connectivity index (χ2n) is 4.10. The lowest BCUT2D eigenvalue weighted by Gasteiger charge is -2.27. The van der Waals surface area contributed by atoms with Gasteiger partial charge >= 0.3 is 0 Å². The predicted molar refractivity (Wildman–Crippen MR) is 77.7 cm³/mol. The maximum absolute atomic E-state index is 12.3. The van der Waals surface area contributed by atoms with Gasteiger partial charge in [0.2, 0.25) is 0 Å². The number of phenolic OH excluding ortho intramolecular Hbond substituents is 1. The molecule has 0 aliphatic rings. The van der Waals surface area contributed by atoms with Gasteiger partial charge in [-0.3, -0.25) is 4.79 Å². The van der Waals surface area contributed by atoms with Gasteiger partial charge in [-0.1, -0.05) is 18.5 Å². The minimum atomic E-state index is -0.0715. The molecule has 0 fully saturated rings. The van der Waals surface area contributed by atoms with Crippen LogP contribution in [0.15, 0.2) is 18.2 Å². The van der Waals surface area contributed by atoms with Crippen LogP contribution in [0.4, 0.5) is 0 Å². The molecule has 1 N–H and O–H groups in total. The summed E-state index contributed by atoms with van der Waals surface area (Å²) < 4.78 is 0. The van der Waals surface area contributed by atoms with E-state index in [0.29, 0.717) is 5.56 Å². The summed E-state index contributed by atoms with van der Waals surface area (Å²) in [5, 5.41) is 9.54. The molecule has 0 aromatic heterocycles. The summed E-state index contributed by atoms with van der Waals surface area (Å²) in [6, 6.07) is 4.74. The van der Waals surface area contributed by atoms with E-state index in [1.54, 1.807) is 29.8 Å². The molecule has 0 heterocycles. The van der Waals surface area contributed by atoms with Crippen molar-refractivity contribution in [2.24, 2.45) is 0 Å². The maximum Gasteiger partial charge on any atom is 0.253 e. The average Bonchev–Trinajstić information content (AvgIpc) is 2.37. The molecular weight excluding hydrogens is 270 g/mol. The van der Waals surface area contributed by atoms with Gasteiger partial charge in [-0.15, -0.1) is 0 Å². The van der Waals surface area contributed by atoms with E-state index in [1.807, 2.05) is 6.26 Å². The molecule has 0 radical (unpaired) electrons. The van der Waals surface area contributed by atoms with E-state index >= 15 is 0 Å². The number of amides is 1. The van der Waals surface area contributed by atoms with Gasteiger partial charge < -0.3 is 10.0 Å². The highest BCUT2D eigenvalue weighted by Gasteiger charge is 2.19. The standard InChI is InChI=1S/C13H18ClNO2S/c1-4-10(8-18-3)15(2)13(17)9-5-6-12(16)11(14)7-9/h5-7,10,16H,4,8H2,1-3H3. The summed E-state index contributed by atoms with van der Waals surface area (Å²) in [6.45, 7) is 2.06. The number of benzene rings is 1. The van der Waals surface area contributed by atoms with Crippen molar-refractivity contribution in [2.75, 3.05) is 19.1 Å². The number of hydrogen-bond donors (Lipinski definition) is 1. The SMILES string of the molecule is CCC(CSC)N(C)C(=O)c1ccc(O)c(Cl)c1. The van der Waals surface area contributed by atoms with Gasteiger partial charge in [0.15, 0.2) is 0 Å². The lowest BCUT2D eigenvalue weighted by atomic mass is 10.1. The first-order valence-corrected chi connectivity index (χ1v) is 7.53. The number of carbonyl (C=O) groups is 1. The van der Waals surface area contributed by atoms with Gasteiger partial charge in [0.1, 0.15) is 5.75 Å². The Hall–Kier alpha value is -0.870. The molecule has 3 nitrogen and oxygen atoms in total. The summed E-state index contributed by atoms with van der Waals surface area (Å²) in [5.41, 5.74) is 0.500. The van der Waals surface area contributed by atoms with Crippen molar-refractivity contribution in [1.82, 2.24) is 4.90 Å². The van der Waals surface area contributed by atoms with E-state index in [9.17, 15) is 9.90 Å². The molecule has 1 unspecified atom stereocenters. The number of carbonyl (C=O) groups excluding carboxylic acids is 1. The summed E-state index contributed by atoms with van der Waals surface area (Å²) in [6.07, 6.45) is 2.94. The topological polar surface area (TPSA) is 40.5 Å². The van der Waals surface area contributed by atoms with Crippen LogP contribution in [-0.2, 0) is 0 Å². The van der Waals surface area contributed by atoms with Crippen LogP contribution in [0.3, 0.4) is 0 Å². The van der Waals surface area contributed by atoms with Gasteiger partial charge in [-0.25, -0.2) is 0 Å². The van der Waals surface area contributed by atoms with Crippen molar-refractivity contribution >= 4 is 29.3 Å². The molecule has 1 aromatic rings. The summed E-state index contributed by atoms with van der Waals surface area (Å²) in [7, 11) is 1.80. The van der Waals surface area contributed by atoms with Crippen molar-refractivity contribution in [1.29, 1.82) is 0 Å². The summed E-state index contributed by atoms with van der Waals surface area (Å²) >= 11 is 7.53. The Labute approximate surface area is 117 Å². The second-order valence-corrected chi connectivity index (χ2v) is 5.42. The minimum Gasteiger partial charge on any atom is -0.506 e. The van der Waals surface area contributed by atoms with Gasteiger partial charge in [0.05, 0.1) is 5.02 Å². The molecule has 0 saturated carbocycles.